The van der Waals surface area contributed by atoms with Gasteiger partial charge in [-0.1, -0.05) is 18.2 Å². The standard InChI is InChI=1S/C17H26N2O2/c1-17(2,21)13-19-10-6-7-14(12-19)11-18-16(20)15-8-4-3-5-9-15/h3-5,8-9,14,21H,6-7,10-13H2,1-2H3,(H,18,20). The summed E-state index contributed by atoms with van der Waals surface area (Å²) in [7, 11) is 0. The summed E-state index contributed by atoms with van der Waals surface area (Å²) < 4.78 is 0. The van der Waals surface area contributed by atoms with Crippen molar-refractivity contribution >= 4 is 5.91 Å². The first kappa shape index (κ1) is 16.0. The van der Waals surface area contributed by atoms with Gasteiger partial charge in [0.05, 0.1) is 5.60 Å². The molecule has 21 heavy (non-hydrogen) atoms. The molecule has 1 aromatic carbocycles. The first-order valence-corrected chi connectivity index (χ1v) is 7.72. The molecule has 116 valence electrons. The Morgan fingerprint density at radius 3 is 2.76 bits per heavy atom. The minimum Gasteiger partial charge on any atom is -0.389 e. The molecule has 1 aromatic rings. The minimum atomic E-state index is -0.658. The van der Waals surface area contributed by atoms with Gasteiger partial charge < -0.3 is 15.3 Å². The van der Waals surface area contributed by atoms with Crippen LogP contribution >= 0.6 is 0 Å². The van der Waals surface area contributed by atoms with Crippen molar-refractivity contribution in [2.45, 2.75) is 32.3 Å². The van der Waals surface area contributed by atoms with Crippen molar-refractivity contribution in [2.75, 3.05) is 26.2 Å². The summed E-state index contributed by atoms with van der Waals surface area (Å²) in [6.07, 6.45) is 2.26. The molecular weight excluding hydrogens is 264 g/mol. The highest BCUT2D eigenvalue weighted by molar-refractivity contribution is 5.94. The third kappa shape index (κ3) is 5.48. The van der Waals surface area contributed by atoms with Crippen molar-refractivity contribution in [3.8, 4) is 0 Å². The quantitative estimate of drug-likeness (QED) is 0.871. The van der Waals surface area contributed by atoms with E-state index in [1.165, 1.54) is 0 Å². The van der Waals surface area contributed by atoms with Gasteiger partial charge in [0.25, 0.3) is 5.91 Å². The number of piperidine rings is 1. The lowest BCUT2D eigenvalue weighted by molar-refractivity contribution is 0.0215. The zero-order valence-electron chi connectivity index (χ0n) is 13.0. The van der Waals surface area contributed by atoms with Crippen molar-refractivity contribution in [2.24, 2.45) is 5.92 Å². The number of β-amino-alcohol motifs (C(OH)–C–C–N with tert-alkyl or cyclic N) is 1. The van der Waals surface area contributed by atoms with Crippen molar-refractivity contribution in [3.63, 3.8) is 0 Å². The third-order valence-corrected chi connectivity index (χ3v) is 3.80. The predicted molar refractivity (Wildman–Crippen MR) is 84.2 cm³/mol. The molecule has 1 aliphatic heterocycles. The molecule has 4 heteroatoms. The number of carbonyl (C=O) groups excluding carboxylic acids is 1. The van der Waals surface area contributed by atoms with Crippen LogP contribution in [0.5, 0.6) is 0 Å². The zero-order valence-corrected chi connectivity index (χ0v) is 13.0. The first-order chi connectivity index (χ1) is 9.94. The normalized spacial score (nSPS) is 20.2. The van der Waals surface area contributed by atoms with Crippen LogP contribution in [0.3, 0.4) is 0 Å². The van der Waals surface area contributed by atoms with Crippen LogP contribution in [0.1, 0.15) is 37.0 Å². The molecule has 1 fully saturated rings. The molecule has 2 N–H and O–H groups in total. The maximum Gasteiger partial charge on any atom is 0.251 e. The molecule has 1 saturated heterocycles. The molecule has 0 saturated carbocycles. The SMILES string of the molecule is CC(C)(O)CN1CCCC(CNC(=O)c2ccccc2)C1. The average Bonchev–Trinajstić information content (AvgIpc) is 2.44. The van der Waals surface area contributed by atoms with Gasteiger partial charge in [-0.25, -0.2) is 0 Å². The molecule has 2 rings (SSSR count). The van der Waals surface area contributed by atoms with E-state index in [4.69, 9.17) is 0 Å². The molecule has 0 spiro atoms. The van der Waals surface area contributed by atoms with Crippen molar-refractivity contribution in [3.05, 3.63) is 35.9 Å². The Hall–Kier alpha value is -1.39. The molecule has 1 aliphatic rings. The fourth-order valence-corrected chi connectivity index (χ4v) is 2.94. The Balaban J connectivity index is 1.79. The van der Waals surface area contributed by atoms with Crippen LogP contribution < -0.4 is 5.32 Å². The van der Waals surface area contributed by atoms with Gasteiger partial charge in [0, 0.05) is 25.2 Å². The van der Waals surface area contributed by atoms with Gasteiger partial charge in [-0.2, -0.15) is 0 Å². The van der Waals surface area contributed by atoms with Crippen molar-refractivity contribution in [1.29, 1.82) is 0 Å². The Morgan fingerprint density at radius 1 is 1.38 bits per heavy atom. The molecule has 0 aliphatic carbocycles. The molecule has 1 amide bonds. The monoisotopic (exact) mass is 290 g/mol. The lowest BCUT2D eigenvalue weighted by Crippen LogP contribution is -2.46. The van der Waals surface area contributed by atoms with E-state index in [1.54, 1.807) is 0 Å². The van der Waals surface area contributed by atoms with Gasteiger partial charge in [-0.15, -0.1) is 0 Å². The number of amides is 1. The molecule has 1 heterocycles. The maximum absolute atomic E-state index is 12.0. The Bertz CT molecular complexity index is 454. The van der Waals surface area contributed by atoms with Gasteiger partial charge in [-0.05, 0) is 51.3 Å². The van der Waals surface area contributed by atoms with E-state index in [0.717, 1.165) is 25.9 Å². The molecule has 1 unspecified atom stereocenters. The van der Waals surface area contributed by atoms with Crippen LogP contribution in [0.15, 0.2) is 30.3 Å². The highest BCUT2D eigenvalue weighted by Gasteiger charge is 2.24. The van der Waals surface area contributed by atoms with Crippen LogP contribution in [-0.2, 0) is 0 Å². The summed E-state index contributed by atoms with van der Waals surface area (Å²) in [5.74, 6) is 0.462. The Morgan fingerprint density at radius 2 is 2.10 bits per heavy atom. The number of nitrogens with zero attached hydrogens (tertiary/aromatic N) is 1. The first-order valence-electron chi connectivity index (χ1n) is 7.72. The van der Waals surface area contributed by atoms with E-state index in [9.17, 15) is 9.90 Å². The fraction of sp³-hybridized carbons (Fsp3) is 0.588. The van der Waals surface area contributed by atoms with E-state index in [2.05, 4.69) is 10.2 Å². The largest absolute Gasteiger partial charge is 0.389 e. The van der Waals surface area contributed by atoms with Crippen LogP contribution in [-0.4, -0.2) is 47.7 Å². The lowest BCUT2D eigenvalue weighted by Gasteiger charge is -2.36. The second kappa shape index (κ2) is 7.05. The van der Waals surface area contributed by atoms with Crippen molar-refractivity contribution in [1.82, 2.24) is 10.2 Å². The van der Waals surface area contributed by atoms with Gasteiger partial charge in [0.15, 0.2) is 0 Å². The highest BCUT2D eigenvalue weighted by Crippen LogP contribution is 2.18. The summed E-state index contributed by atoms with van der Waals surface area (Å²) in [5.41, 5.74) is 0.0523. The van der Waals surface area contributed by atoms with Gasteiger partial charge in [-0.3, -0.25) is 4.79 Å². The van der Waals surface area contributed by atoms with Crippen LogP contribution in [0.2, 0.25) is 0 Å². The molecule has 4 nitrogen and oxygen atoms in total. The molecule has 0 aromatic heterocycles. The van der Waals surface area contributed by atoms with Crippen LogP contribution in [0.4, 0.5) is 0 Å². The van der Waals surface area contributed by atoms with E-state index in [1.807, 2.05) is 44.2 Å². The van der Waals surface area contributed by atoms with Crippen LogP contribution in [0, 0.1) is 5.92 Å². The van der Waals surface area contributed by atoms with Crippen molar-refractivity contribution < 1.29 is 9.90 Å². The molecule has 0 bridgehead atoms. The topological polar surface area (TPSA) is 52.6 Å². The van der Waals surface area contributed by atoms with E-state index < -0.39 is 5.60 Å². The summed E-state index contributed by atoms with van der Waals surface area (Å²) in [4.78, 5) is 14.3. The molecule has 1 atom stereocenters. The fourth-order valence-electron chi connectivity index (χ4n) is 2.94. The van der Waals surface area contributed by atoms with E-state index in [-0.39, 0.29) is 5.91 Å². The summed E-state index contributed by atoms with van der Waals surface area (Å²) >= 11 is 0. The number of nitrogens with one attached hydrogen (secondary N) is 1. The number of carbonyl (C=O) groups is 1. The Labute approximate surface area is 127 Å². The third-order valence-electron chi connectivity index (χ3n) is 3.80. The predicted octanol–water partition coefficient (Wildman–Crippen LogP) is 1.90. The van der Waals surface area contributed by atoms with Gasteiger partial charge >= 0.3 is 0 Å². The van der Waals surface area contributed by atoms with Crippen LogP contribution in [0.25, 0.3) is 0 Å². The minimum absolute atomic E-state index is 0.00443. The van der Waals surface area contributed by atoms with E-state index in [0.29, 0.717) is 24.6 Å². The summed E-state index contributed by atoms with van der Waals surface area (Å²) in [6.45, 7) is 7.06. The number of benzene rings is 1. The summed E-state index contributed by atoms with van der Waals surface area (Å²) in [5, 5.41) is 12.9. The maximum atomic E-state index is 12.0. The molecule has 0 radical (unpaired) electrons. The van der Waals surface area contributed by atoms with Gasteiger partial charge in [0.2, 0.25) is 0 Å². The zero-order chi connectivity index (χ0) is 15.3. The number of aliphatic hydroxyl groups is 1. The average molecular weight is 290 g/mol. The second-order valence-electron chi connectivity index (χ2n) is 6.63. The lowest BCUT2D eigenvalue weighted by atomic mass is 9.96. The number of hydrogen-bond donors (Lipinski definition) is 2. The number of likely N-dealkylation sites (tertiary alicyclic amines) is 1. The summed E-state index contributed by atoms with van der Waals surface area (Å²) in [6, 6.07) is 9.32. The van der Waals surface area contributed by atoms with Gasteiger partial charge in [0.1, 0.15) is 0 Å². The molecular formula is C17H26N2O2. The highest BCUT2D eigenvalue weighted by atomic mass is 16.3. The van der Waals surface area contributed by atoms with E-state index >= 15 is 0 Å². The number of hydrogen-bond acceptors (Lipinski definition) is 3. The Kier molecular flexibility index (Phi) is 5.37. The number of rotatable bonds is 5. The second-order valence-corrected chi connectivity index (χ2v) is 6.63. The smallest absolute Gasteiger partial charge is 0.251 e.